The molecule has 132 valence electrons. The van der Waals surface area contributed by atoms with Crippen molar-refractivity contribution >= 4 is 51.7 Å². The molecule has 0 bridgehead atoms. The molecule has 3 N–H and O–H groups in total. The maximum Gasteiger partial charge on any atom is 0.240 e. The topological polar surface area (TPSA) is 82.6 Å². The molecule has 23 heavy (non-hydrogen) atoms. The third-order valence-electron chi connectivity index (χ3n) is 2.86. The lowest BCUT2D eigenvalue weighted by Crippen LogP contribution is -2.38. The van der Waals surface area contributed by atoms with Gasteiger partial charge in [-0.05, 0) is 37.9 Å². The fourth-order valence-electron chi connectivity index (χ4n) is 1.68. The molecule has 6 nitrogen and oxygen atoms in total. The van der Waals surface area contributed by atoms with Crippen LogP contribution in [-0.4, -0.2) is 46.5 Å². The van der Waals surface area contributed by atoms with Gasteiger partial charge in [0.2, 0.25) is 10.0 Å². The predicted octanol–water partition coefficient (Wildman–Crippen LogP) is 1.63. The molecule has 0 aliphatic carbocycles. The average Bonchev–Trinajstić information content (AvgIpc) is 2.53. The lowest BCUT2D eigenvalue weighted by atomic mass is 10.2. The number of thioether (sulfide) groups is 1. The van der Waals surface area contributed by atoms with E-state index in [1.165, 1.54) is 7.05 Å². The van der Waals surface area contributed by atoms with E-state index in [2.05, 4.69) is 26.6 Å². The molecule has 1 rings (SSSR count). The number of hydrogen-bond donors (Lipinski definition) is 3. The van der Waals surface area contributed by atoms with Crippen molar-refractivity contribution in [3.05, 3.63) is 29.8 Å². The number of nitrogens with one attached hydrogen (secondary N) is 3. The van der Waals surface area contributed by atoms with Gasteiger partial charge in [-0.3, -0.25) is 0 Å². The largest absolute Gasteiger partial charge is 0.357 e. The van der Waals surface area contributed by atoms with Gasteiger partial charge < -0.3 is 10.6 Å². The summed E-state index contributed by atoms with van der Waals surface area (Å²) in [5.74, 6) is 1.78. The van der Waals surface area contributed by atoms with Crippen LogP contribution in [0.2, 0.25) is 0 Å². The Balaban J connectivity index is 0.00000484. The van der Waals surface area contributed by atoms with Crippen LogP contribution in [0.4, 0.5) is 0 Å². The zero-order valence-electron chi connectivity index (χ0n) is 13.6. The monoisotopic (exact) mass is 472 g/mol. The number of halogens is 1. The minimum absolute atomic E-state index is 0. The Labute approximate surface area is 160 Å². The third kappa shape index (κ3) is 8.23. The number of nitrogens with zero attached hydrogens (tertiary/aromatic N) is 1. The van der Waals surface area contributed by atoms with Gasteiger partial charge in [-0.2, -0.15) is 11.8 Å². The predicted molar refractivity (Wildman–Crippen MR) is 109 cm³/mol. The van der Waals surface area contributed by atoms with Gasteiger partial charge in [0.1, 0.15) is 0 Å². The van der Waals surface area contributed by atoms with E-state index in [9.17, 15) is 8.42 Å². The van der Waals surface area contributed by atoms with E-state index in [4.69, 9.17) is 0 Å². The summed E-state index contributed by atoms with van der Waals surface area (Å²) >= 11 is 1.77. The maximum absolute atomic E-state index is 11.6. The van der Waals surface area contributed by atoms with Crippen molar-refractivity contribution in [1.82, 2.24) is 15.4 Å². The standard InChI is InChI=1S/C14H24N4O2S2.HI/c1-4-16-14(17-9-10-21-3)18-11-12-5-7-13(8-6-12)22(19,20)15-2;/h5-8,15H,4,9-11H2,1-3H3,(H2,16,17,18);1H. The molecule has 0 spiro atoms. The summed E-state index contributed by atoms with van der Waals surface area (Å²) in [7, 11) is -1.98. The Kier molecular flexibility index (Phi) is 11.7. The molecular formula is C14H25IN4O2S2. The highest BCUT2D eigenvalue weighted by Crippen LogP contribution is 2.10. The molecule has 0 fully saturated rings. The summed E-state index contributed by atoms with van der Waals surface area (Å²) in [5, 5.41) is 6.43. The van der Waals surface area contributed by atoms with Gasteiger partial charge in [-0.15, -0.1) is 24.0 Å². The van der Waals surface area contributed by atoms with Gasteiger partial charge in [-0.25, -0.2) is 18.1 Å². The van der Waals surface area contributed by atoms with Crippen LogP contribution in [0.5, 0.6) is 0 Å². The molecule has 0 atom stereocenters. The van der Waals surface area contributed by atoms with Crippen LogP contribution in [0.15, 0.2) is 34.2 Å². The fourth-order valence-corrected chi connectivity index (χ4v) is 2.71. The van der Waals surface area contributed by atoms with Crippen LogP contribution in [0.1, 0.15) is 12.5 Å². The lowest BCUT2D eigenvalue weighted by molar-refractivity contribution is 0.588. The van der Waals surface area contributed by atoms with Crippen molar-refractivity contribution in [3.8, 4) is 0 Å². The van der Waals surface area contributed by atoms with Crippen LogP contribution < -0.4 is 15.4 Å². The fraction of sp³-hybridized carbons (Fsp3) is 0.500. The molecule has 0 radical (unpaired) electrons. The van der Waals surface area contributed by atoms with E-state index >= 15 is 0 Å². The quantitative estimate of drug-likeness (QED) is 0.232. The Morgan fingerprint density at radius 2 is 1.87 bits per heavy atom. The zero-order valence-corrected chi connectivity index (χ0v) is 17.6. The summed E-state index contributed by atoms with van der Waals surface area (Å²) in [6.45, 7) is 4.16. The van der Waals surface area contributed by atoms with Crippen LogP contribution in [0, 0.1) is 0 Å². The first kappa shape index (κ1) is 22.5. The minimum Gasteiger partial charge on any atom is -0.357 e. The minimum atomic E-state index is -3.38. The van der Waals surface area contributed by atoms with E-state index in [1.54, 1.807) is 36.0 Å². The van der Waals surface area contributed by atoms with E-state index in [0.717, 1.165) is 30.4 Å². The van der Waals surface area contributed by atoms with Gasteiger partial charge in [0.25, 0.3) is 0 Å². The van der Waals surface area contributed by atoms with E-state index in [1.807, 2.05) is 6.92 Å². The Morgan fingerprint density at radius 1 is 1.22 bits per heavy atom. The van der Waals surface area contributed by atoms with Crippen molar-refractivity contribution in [1.29, 1.82) is 0 Å². The molecule has 0 unspecified atom stereocenters. The maximum atomic E-state index is 11.6. The second kappa shape index (κ2) is 11.9. The van der Waals surface area contributed by atoms with E-state index in [0.29, 0.717) is 6.54 Å². The second-order valence-electron chi connectivity index (χ2n) is 4.47. The molecule has 0 amide bonds. The highest BCUT2D eigenvalue weighted by Gasteiger charge is 2.10. The number of guanidine groups is 1. The van der Waals surface area contributed by atoms with Gasteiger partial charge in [0.15, 0.2) is 5.96 Å². The molecule has 0 aromatic heterocycles. The molecule has 0 heterocycles. The number of aliphatic imine (C=N–C) groups is 1. The van der Waals surface area contributed by atoms with Crippen molar-refractivity contribution in [2.45, 2.75) is 18.4 Å². The molecule has 0 saturated heterocycles. The number of benzene rings is 1. The van der Waals surface area contributed by atoms with Gasteiger partial charge in [-0.1, -0.05) is 12.1 Å². The van der Waals surface area contributed by atoms with Gasteiger partial charge >= 0.3 is 0 Å². The van der Waals surface area contributed by atoms with Gasteiger partial charge in [0, 0.05) is 18.8 Å². The Hall–Kier alpha value is -0.520. The van der Waals surface area contributed by atoms with Crippen molar-refractivity contribution in [2.24, 2.45) is 4.99 Å². The average molecular weight is 472 g/mol. The van der Waals surface area contributed by atoms with Crippen molar-refractivity contribution < 1.29 is 8.42 Å². The molecule has 9 heteroatoms. The summed E-state index contributed by atoms with van der Waals surface area (Å²) in [6, 6.07) is 6.73. The number of sulfonamides is 1. The van der Waals surface area contributed by atoms with E-state index in [-0.39, 0.29) is 28.9 Å². The normalized spacial score (nSPS) is 11.7. The van der Waals surface area contributed by atoms with Crippen LogP contribution >= 0.6 is 35.7 Å². The molecule has 1 aromatic carbocycles. The number of rotatable bonds is 8. The van der Waals surface area contributed by atoms with Crippen molar-refractivity contribution in [2.75, 3.05) is 32.1 Å². The summed E-state index contributed by atoms with van der Waals surface area (Å²) < 4.78 is 25.6. The Morgan fingerprint density at radius 3 is 2.39 bits per heavy atom. The van der Waals surface area contributed by atoms with Crippen LogP contribution in [0.3, 0.4) is 0 Å². The molecule has 0 aliphatic rings. The van der Waals surface area contributed by atoms with Gasteiger partial charge in [0.05, 0.1) is 11.4 Å². The second-order valence-corrected chi connectivity index (χ2v) is 7.34. The third-order valence-corrected chi connectivity index (χ3v) is 4.91. The Bertz CT molecular complexity index is 577. The zero-order chi connectivity index (χ0) is 16.4. The molecule has 0 aliphatic heterocycles. The molecule has 0 saturated carbocycles. The first-order valence-corrected chi connectivity index (χ1v) is 9.94. The van der Waals surface area contributed by atoms with E-state index < -0.39 is 10.0 Å². The highest BCUT2D eigenvalue weighted by atomic mass is 127. The van der Waals surface area contributed by atoms with Crippen LogP contribution in [0.25, 0.3) is 0 Å². The highest BCUT2D eigenvalue weighted by molar-refractivity contribution is 14.0. The SMILES string of the molecule is CCNC(=NCc1ccc(S(=O)(=O)NC)cc1)NCCSC.I. The smallest absolute Gasteiger partial charge is 0.240 e. The summed E-state index contributed by atoms with van der Waals surface area (Å²) in [6.07, 6.45) is 2.06. The number of hydrogen-bond acceptors (Lipinski definition) is 4. The molecular weight excluding hydrogens is 447 g/mol. The first-order chi connectivity index (χ1) is 10.5. The first-order valence-electron chi connectivity index (χ1n) is 7.07. The summed E-state index contributed by atoms with van der Waals surface area (Å²) in [4.78, 5) is 4.74. The lowest BCUT2D eigenvalue weighted by Gasteiger charge is -2.10. The summed E-state index contributed by atoms with van der Waals surface area (Å²) in [5.41, 5.74) is 0.956. The van der Waals surface area contributed by atoms with Crippen LogP contribution in [-0.2, 0) is 16.6 Å². The van der Waals surface area contributed by atoms with Crippen molar-refractivity contribution in [3.63, 3.8) is 0 Å². The molecule has 1 aromatic rings.